The third kappa shape index (κ3) is 4.64. The Kier molecular flexibility index (Phi) is 7.21. The molecular weight excluding hydrogens is 490 g/mol. The van der Waals surface area contributed by atoms with Crippen LogP contribution in [-0.4, -0.2) is 105 Å². The molecule has 14 heteroatoms. The van der Waals surface area contributed by atoms with E-state index in [2.05, 4.69) is 15.6 Å². The molecular formula is C22H33N7O6S. The molecule has 0 spiro atoms. The number of rotatable bonds is 8. The summed E-state index contributed by atoms with van der Waals surface area (Å²) in [5.74, 6) is -2.89. The van der Waals surface area contributed by atoms with Crippen LogP contribution in [0.5, 0.6) is 0 Å². The highest BCUT2D eigenvalue weighted by Crippen LogP contribution is 2.51. The topological polar surface area (TPSA) is 204 Å². The first-order valence-corrected chi connectivity index (χ1v) is 12.8. The molecule has 0 radical (unpaired) electrons. The lowest BCUT2D eigenvalue weighted by molar-refractivity contribution is -0.163. The average Bonchev–Trinajstić information content (AvgIpc) is 3.31. The molecule has 0 aromatic carbocycles. The van der Waals surface area contributed by atoms with E-state index in [-0.39, 0.29) is 52.6 Å². The van der Waals surface area contributed by atoms with Gasteiger partial charge in [0.15, 0.2) is 5.96 Å². The normalized spacial score (nSPS) is 31.3. The summed E-state index contributed by atoms with van der Waals surface area (Å²) in [7, 11) is 0. The molecule has 4 aliphatic heterocycles. The van der Waals surface area contributed by atoms with Crippen molar-refractivity contribution in [2.75, 3.05) is 19.6 Å². The van der Waals surface area contributed by atoms with E-state index in [1.807, 2.05) is 6.92 Å². The molecule has 13 nitrogen and oxygen atoms in total. The van der Waals surface area contributed by atoms with Gasteiger partial charge in [0.1, 0.15) is 11.7 Å². The maximum absolute atomic E-state index is 12.9. The van der Waals surface area contributed by atoms with Crippen molar-refractivity contribution in [3.8, 4) is 0 Å². The molecule has 0 saturated carbocycles. The van der Waals surface area contributed by atoms with Crippen molar-refractivity contribution in [2.24, 2.45) is 28.3 Å². The van der Waals surface area contributed by atoms with E-state index in [4.69, 9.17) is 11.5 Å². The number of nitrogens with zero attached hydrogens (tertiary/aromatic N) is 3. The summed E-state index contributed by atoms with van der Waals surface area (Å²) in [6.07, 6.45) is -0.337. The summed E-state index contributed by atoms with van der Waals surface area (Å²) >= 11 is 1.40. The number of nitrogens with one attached hydrogen (secondary N) is 2. The van der Waals surface area contributed by atoms with Crippen LogP contribution in [0.2, 0.25) is 0 Å². The van der Waals surface area contributed by atoms with Crippen molar-refractivity contribution in [1.82, 2.24) is 20.4 Å². The number of aliphatic carboxylic acids is 1. The fraction of sp³-hybridized carbons (Fsp3) is 0.682. The smallest absolute Gasteiger partial charge is 0.353 e. The van der Waals surface area contributed by atoms with Crippen LogP contribution in [0.25, 0.3) is 0 Å². The molecule has 4 rings (SSSR count). The number of carbonyl (C=O) groups excluding carboxylic acids is 3. The summed E-state index contributed by atoms with van der Waals surface area (Å²) < 4.78 is 0. The van der Waals surface area contributed by atoms with Gasteiger partial charge >= 0.3 is 5.97 Å². The molecule has 4 heterocycles. The first-order chi connectivity index (χ1) is 16.9. The van der Waals surface area contributed by atoms with E-state index in [1.54, 1.807) is 18.7 Å². The number of aliphatic hydroxyl groups excluding tert-OH is 1. The van der Waals surface area contributed by atoms with Crippen LogP contribution in [0.15, 0.2) is 15.6 Å². The second-order valence-electron chi connectivity index (χ2n) is 9.89. The van der Waals surface area contributed by atoms with Crippen molar-refractivity contribution in [2.45, 2.75) is 62.7 Å². The number of hydrogen-bond donors (Lipinski definition) is 6. The van der Waals surface area contributed by atoms with Crippen LogP contribution in [0.1, 0.15) is 27.2 Å². The molecule has 198 valence electrons. The minimum absolute atomic E-state index is 0.00884. The number of thioether (sulfide) groups is 1. The number of β-lactam (4-membered cyclic amide) rings is 1. The first kappa shape index (κ1) is 26.2. The SMILES string of the molecule is CC(N=C(N)N)C(=O)NC1CN(C(=O)C2CC(SC3=C(C(=O)O)N4C(=O)C(C(C)O)[C@H]4C3C)CN2)C1. The Morgan fingerprint density at radius 1 is 1.25 bits per heavy atom. The van der Waals surface area contributed by atoms with E-state index >= 15 is 0 Å². The number of aliphatic hydroxyl groups is 1. The Hall–Kier alpha value is -2.84. The van der Waals surface area contributed by atoms with E-state index in [0.29, 0.717) is 31.0 Å². The lowest BCUT2D eigenvalue weighted by Crippen LogP contribution is -2.64. The van der Waals surface area contributed by atoms with E-state index in [1.165, 1.54) is 16.7 Å². The minimum Gasteiger partial charge on any atom is -0.477 e. The van der Waals surface area contributed by atoms with Crippen molar-refractivity contribution in [3.63, 3.8) is 0 Å². The van der Waals surface area contributed by atoms with Crippen LogP contribution < -0.4 is 22.1 Å². The summed E-state index contributed by atoms with van der Waals surface area (Å²) in [5.41, 5.74) is 10.6. The van der Waals surface area contributed by atoms with E-state index < -0.39 is 30.1 Å². The Morgan fingerprint density at radius 2 is 1.92 bits per heavy atom. The van der Waals surface area contributed by atoms with Crippen LogP contribution in [0.3, 0.4) is 0 Å². The second kappa shape index (κ2) is 9.90. The fourth-order valence-corrected chi connectivity index (χ4v) is 6.89. The largest absolute Gasteiger partial charge is 0.477 e. The predicted octanol–water partition coefficient (Wildman–Crippen LogP) is -2.41. The molecule has 6 unspecified atom stereocenters. The number of aliphatic imine (C=N–C) groups is 1. The number of fused-ring (bicyclic) bond motifs is 1. The number of hydrogen-bond acceptors (Lipinski definition) is 8. The number of guanidine groups is 1. The lowest BCUT2D eigenvalue weighted by atomic mass is 9.79. The van der Waals surface area contributed by atoms with Gasteiger partial charge in [-0.25, -0.2) is 9.79 Å². The van der Waals surface area contributed by atoms with Crippen LogP contribution in [0, 0.1) is 11.8 Å². The predicted molar refractivity (Wildman–Crippen MR) is 131 cm³/mol. The Labute approximate surface area is 212 Å². The molecule has 36 heavy (non-hydrogen) atoms. The summed E-state index contributed by atoms with van der Waals surface area (Å²) in [6.45, 7) is 6.31. The molecule has 7 atom stereocenters. The Balaban J connectivity index is 1.31. The molecule has 0 aliphatic carbocycles. The van der Waals surface area contributed by atoms with Gasteiger partial charge in [-0.1, -0.05) is 6.92 Å². The van der Waals surface area contributed by atoms with Crippen LogP contribution in [-0.2, 0) is 19.2 Å². The number of likely N-dealkylation sites (tertiary alicyclic amines) is 1. The number of carbonyl (C=O) groups is 4. The molecule has 0 bridgehead atoms. The molecule has 3 fully saturated rings. The summed E-state index contributed by atoms with van der Waals surface area (Å²) in [4.78, 5) is 57.0. The quantitative estimate of drug-likeness (QED) is 0.113. The molecule has 0 aromatic heterocycles. The van der Waals surface area contributed by atoms with Gasteiger partial charge in [0.2, 0.25) is 17.7 Å². The van der Waals surface area contributed by atoms with Gasteiger partial charge in [0.05, 0.1) is 30.1 Å². The standard InChI is InChI=1S/C22H33N7O6S/c1-8-15-14(10(3)30)20(33)29(15)16(21(34)35)17(8)36-12-4-13(25-5-12)19(32)28-6-11(7-28)27-18(31)9(2)26-22(23)24/h8-15,25,30H,4-7H2,1-3H3,(H,27,31)(H,34,35)(H4,23,24,26)/t8?,9?,10?,12?,13?,14?,15-/m1/s1. The average molecular weight is 524 g/mol. The van der Waals surface area contributed by atoms with Gasteiger partial charge in [-0.3, -0.25) is 14.4 Å². The van der Waals surface area contributed by atoms with Gasteiger partial charge in [0, 0.05) is 35.7 Å². The first-order valence-electron chi connectivity index (χ1n) is 12.0. The van der Waals surface area contributed by atoms with Gasteiger partial charge in [-0.15, -0.1) is 11.8 Å². The Morgan fingerprint density at radius 3 is 2.50 bits per heavy atom. The third-order valence-corrected chi connectivity index (χ3v) is 8.77. The zero-order chi connectivity index (χ0) is 26.5. The van der Waals surface area contributed by atoms with Gasteiger partial charge < -0.3 is 42.1 Å². The molecule has 3 saturated heterocycles. The highest BCUT2D eigenvalue weighted by atomic mass is 32.2. The van der Waals surface area contributed by atoms with Gasteiger partial charge in [0.25, 0.3) is 0 Å². The third-order valence-electron chi connectivity index (χ3n) is 7.26. The maximum Gasteiger partial charge on any atom is 0.353 e. The zero-order valence-electron chi connectivity index (χ0n) is 20.4. The number of nitrogens with two attached hydrogens (primary N) is 2. The number of amides is 3. The number of carboxylic acid groups (broad SMARTS) is 1. The van der Waals surface area contributed by atoms with E-state index in [9.17, 15) is 29.4 Å². The summed E-state index contributed by atoms with van der Waals surface area (Å²) in [5, 5.41) is 25.8. The summed E-state index contributed by atoms with van der Waals surface area (Å²) in [6, 6.07) is -1.65. The maximum atomic E-state index is 12.9. The highest BCUT2D eigenvalue weighted by Gasteiger charge is 2.60. The van der Waals surface area contributed by atoms with Crippen molar-refractivity contribution >= 4 is 41.4 Å². The highest BCUT2D eigenvalue weighted by molar-refractivity contribution is 8.03. The minimum atomic E-state index is -1.16. The Bertz CT molecular complexity index is 1020. The monoisotopic (exact) mass is 523 g/mol. The molecule has 8 N–H and O–H groups in total. The van der Waals surface area contributed by atoms with Crippen LogP contribution >= 0.6 is 11.8 Å². The molecule has 0 aromatic rings. The van der Waals surface area contributed by atoms with E-state index in [0.717, 1.165) is 0 Å². The second-order valence-corrected chi connectivity index (χ2v) is 11.2. The van der Waals surface area contributed by atoms with Crippen molar-refractivity contribution in [1.29, 1.82) is 0 Å². The number of carboxylic acids is 1. The molecule has 3 amide bonds. The molecule has 4 aliphatic rings. The van der Waals surface area contributed by atoms with Crippen molar-refractivity contribution < 1.29 is 29.4 Å². The van der Waals surface area contributed by atoms with Gasteiger partial charge in [-0.2, -0.15) is 0 Å². The van der Waals surface area contributed by atoms with Gasteiger partial charge in [-0.05, 0) is 20.3 Å². The zero-order valence-corrected chi connectivity index (χ0v) is 21.2. The lowest BCUT2D eigenvalue weighted by Gasteiger charge is -2.46. The van der Waals surface area contributed by atoms with Crippen molar-refractivity contribution in [3.05, 3.63) is 10.6 Å². The van der Waals surface area contributed by atoms with Crippen LogP contribution in [0.4, 0.5) is 0 Å². The fourth-order valence-electron chi connectivity index (χ4n) is 5.41.